The molecule has 2 nitrogen and oxygen atoms in total. The maximum Gasteiger partial charge on any atom is 0.236 e. The Morgan fingerprint density at radius 1 is 1.86 bits per heavy atom. The van der Waals surface area contributed by atoms with Gasteiger partial charge in [-0.3, -0.25) is 0 Å². The van der Waals surface area contributed by atoms with Gasteiger partial charge in [0, 0.05) is 0 Å². The topological polar surface area (TPSA) is 33.1 Å². The summed E-state index contributed by atoms with van der Waals surface area (Å²) < 4.78 is 0.688. The molecule has 0 aliphatic rings. The Bertz CT molecular complexity index is 147. The van der Waals surface area contributed by atoms with Crippen molar-refractivity contribution in [1.82, 2.24) is 4.98 Å². The van der Waals surface area contributed by atoms with Crippen LogP contribution in [0.5, 0.6) is 5.88 Å². The number of rotatable bonds is 0. The van der Waals surface area contributed by atoms with E-state index >= 15 is 0 Å². The maximum absolute atomic E-state index is 8.61. The average molecular weight is 180 g/mol. The van der Waals surface area contributed by atoms with Crippen LogP contribution >= 0.6 is 27.3 Å². The number of thiazole rings is 1. The third kappa shape index (κ3) is 0.920. The molecule has 1 rings (SSSR count). The number of halogens is 1. The molecule has 0 bridgehead atoms. The summed E-state index contributed by atoms with van der Waals surface area (Å²) in [6, 6.07) is 0. The molecule has 1 heterocycles. The van der Waals surface area contributed by atoms with E-state index in [4.69, 9.17) is 5.11 Å². The molecule has 1 aromatic rings. The maximum atomic E-state index is 8.61. The Kier molecular flexibility index (Phi) is 1.30. The lowest BCUT2D eigenvalue weighted by Crippen LogP contribution is -1.55. The van der Waals surface area contributed by atoms with Gasteiger partial charge in [0.15, 0.2) is 0 Å². The van der Waals surface area contributed by atoms with Gasteiger partial charge in [-0.15, -0.1) is 11.3 Å². The molecule has 0 atom stereocenters. The summed E-state index contributed by atoms with van der Waals surface area (Å²) in [6.07, 6.45) is 0. The van der Waals surface area contributed by atoms with Gasteiger partial charge in [-0.05, 0) is 15.9 Å². The molecular weight excluding hydrogens is 178 g/mol. The molecule has 0 aliphatic carbocycles. The summed E-state index contributed by atoms with van der Waals surface area (Å²) in [4.78, 5) is 3.54. The summed E-state index contributed by atoms with van der Waals surface area (Å²) in [7, 11) is 0. The van der Waals surface area contributed by atoms with Crippen molar-refractivity contribution in [3.8, 4) is 5.88 Å². The van der Waals surface area contributed by atoms with E-state index in [0.717, 1.165) is 0 Å². The number of aromatic nitrogens is 1. The van der Waals surface area contributed by atoms with Crippen molar-refractivity contribution in [2.45, 2.75) is 0 Å². The Morgan fingerprint density at radius 3 is 2.71 bits per heavy atom. The van der Waals surface area contributed by atoms with E-state index in [1.807, 2.05) is 0 Å². The molecule has 1 N–H and O–H groups in total. The fourth-order valence-corrected chi connectivity index (χ4v) is 0.982. The van der Waals surface area contributed by atoms with Gasteiger partial charge in [0.1, 0.15) is 3.79 Å². The quantitative estimate of drug-likeness (QED) is 0.657. The highest BCUT2D eigenvalue weighted by Gasteiger charge is 1.95. The molecule has 4 heteroatoms. The van der Waals surface area contributed by atoms with Gasteiger partial charge >= 0.3 is 0 Å². The van der Waals surface area contributed by atoms with Gasteiger partial charge in [0.05, 0.1) is 5.51 Å². The molecule has 1 aromatic heterocycles. The van der Waals surface area contributed by atoms with Gasteiger partial charge in [0.25, 0.3) is 0 Å². The largest absolute Gasteiger partial charge is 0.492 e. The standard InChI is InChI=1S/C3H2BrNOS/c4-2-3(6)5-1-7-2/h1,6H. The van der Waals surface area contributed by atoms with Crippen LogP contribution in [-0.4, -0.2) is 10.1 Å². The van der Waals surface area contributed by atoms with Crippen LogP contribution in [0, 0.1) is 0 Å². The highest BCUT2D eigenvalue weighted by molar-refractivity contribution is 9.11. The molecule has 0 aliphatic heterocycles. The normalized spacial score (nSPS) is 9.29. The molecule has 0 aromatic carbocycles. The lowest BCUT2D eigenvalue weighted by molar-refractivity contribution is 0.454. The smallest absolute Gasteiger partial charge is 0.236 e. The van der Waals surface area contributed by atoms with Crippen LogP contribution in [0.4, 0.5) is 0 Å². The summed E-state index contributed by atoms with van der Waals surface area (Å²) in [5.74, 6) is 0.0741. The minimum atomic E-state index is 0.0741. The monoisotopic (exact) mass is 179 g/mol. The first-order chi connectivity index (χ1) is 3.30. The Labute approximate surface area is 53.0 Å². The van der Waals surface area contributed by atoms with E-state index < -0.39 is 0 Å². The van der Waals surface area contributed by atoms with E-state index in [0.29, 0.717) is 3.79 Å². The first-order valence-electron chi connectivity index (χ1n) is 1.58. The molecule has 0 fully saturated rings. The van der Waals surface area contributed by atoms with Crippen molar-refractivity contribution in [2.75, 3.05) is 0 Å². The van der Waals surface area contributed by atoms with Crippen molar-refractivity contribution >= 4 is 27.3 Å². The van der Waals surface area contributed by atoms with Crippen molar-refractivity contribution < 1.29 is 5.11 Å². The summed E-state index contributed by atoms with van der Waals surface area (Å²) in [5.41, 5.74) is 1.57. The first-order valence-corrected chi connectivity index (χ1v) is 3.26. The number of hydrogen-bond donors (Lipinski definition) is 1. The van der Waals surface area contributed by atoms with Gasteiger partial charge in [-0.25, -0.2) is 4.98 Å². The second-order valence-electron chi connectivity index (χ2n) is 0.950. The van der Waals surface area contributed by atoms with Crippen LogP contribution in [0.2, 0.25) is 0 Å². The van der Waals surface area contributed by atoms with Gasteiger partial charge in [-0.2, -0.15) is 0 Å². The summed E-state index contributed by atoms with van der Waals surface area (Å²) in [5, 5.41) is 8.61. The third-order valence-electron chi connectivity index (χ3n) is 0.507. The third-order valence-corrected chi connectivity index (χ3v) is 2.02. The number of hydrogen-bond acceptors (Lipinski definition) is 3. The second kappa shape index (κ2) is 1.79. The average Bonchev–Trinajstić information content (AvgIpc) is 1.91. The molecule has 0 saturated carbocycles. The van der Waals surface area contributed by atoms with Crippen LogP contribution in [0.15, 0.2) is 9.30 Å². The second-order valence-corrected chi connectivity index (χ2v) is 3.12. The van der Waals surface area contributed by atoms with E-state index in [9.17, 15) is 0 Å². The highest BCUT2D eigenvalue weighted by atomic mass is 79.9. The fraction of sp³-hybridized carbons (Fsp3) is 0. The Morgan fingerprint density at radius 2 is 2.57 bits per heavy atom. The van der Waals surface area contributed by atoms with Crippen LogP contribution in [0.1, 0.15) is 0 Å². The van der Waals surface area contributed by atoms with Gasteiger partial charge in [0.2, 0.25) is 5.88 Å². The number of aromatic hydroxyl groups is 1. The van der Waals surface area contributed by atoms with Crippen LogP contribution in [-0.2, 0) is 0 Å². The van der Waals surface area contributed by atoms with Crippen LogP contribution < -0.4 is 0 Å². The number of nitrogens with zero attached hydrogens (tertiary/aromatic N) is 1. The van der Waals surface area contributed by atoms with E-state index in [-0.39, 0.29) is 5.88 Å². The lowest BCUT2D eigenvalue weighted by atomic mass is 10.9. The zero-order valence-corrected chi connectivity index (χ0v) is 5.66. The highest BCUT2D eigenvalue weighted by Crippen LogP contribution is 2.25. The van der Waals surface area contributed by atoms with Gasteiger partial charge in [-0.1, -0.05) is 0 Å². The molecule has 0 unspecified atom stereocenters. The van der Waals surface area contributed by atoms with E-state index in [1.54, 1.807) is 5.51 Å². The van der Waals surface area contributed by atoms with E-state index in [1.165, 1.54) is 11.3 Å². The van der Waals surface area contributed by atoms with E-state index in [2.05, 4.69) is 20.9 Å². The van der Waals surface area contributed by atoms with Crippen molar-refractivity contribution in [2.24, 2.45) is 0 Å². The molecule has 0 amide bonds. The zero-order chi connectivity index (χ0) is 5.28. The molecule has 0 saturated heterocycles. The molecule has 38 valence electrons. The molecular formula is C3H2BrNOS. The first kappa shape index (κ1) is 5.05. The van der Waals surface area contributed by atoms with Gasteiger partial charge < -0.3 is 5.11 Å². The summed E-state index contributed by atoms with van der Waals surface area (Å²) in [6.45, 7) is 0. The van der Waals surface area contributed by atoms with Crippen LogP contribution in [0.25, 0.3) is 0 Å². The zero-order valence-electron chi connectivity index (χ0n) is 3.26. The fourth-order valence-electron chi connectivity index (χ4n) is 0.226. The van der Waals surface area contributed by atoms with Crippen LogP contribution in [0.3, 0.4) is 0 Å². The Balaban J connectivity index is 3.12. The predicted molar refractivity (Wildman–Crippen MR) is 31.5 cm³/mol. The minimum Gasteiger partial charge on any atom is -0.492 e. The summed E-state index contributed by atoms with van der Waals surface area (Å²) >= 11 is 4.43. The van der Waals surface area contributed by atoms with Crippen molar-refractivity contribution in [1.29, 1.82) is 0 Å². The molecule has 0 spiro atoms. The lowest BCUT2D eigenvalue weighted by Gasteiger charge is -1.75. The molecule has 0 radical (unpaired) electrons. The predicted octanol–water partition coefficient (Wildman–Crippen LogP) is 1.61. The van der Waals surface area contributed by atoms with Crippen molar-refractivity contribution in [3.05, 3.63) is 9.30 Å². The van der Waals surface area contributed by atoms with Crippen molar-refractivity contribution in [3.63, 3.8) is 0 Å². The minimum absolute atomic E-state index is 0.0741. The molecule has 7 heavy (non-hydrogen) atoms. The SMILES string of the molecule is Oc1ncsc1Br. The Hall–Kier alpha value is -0.0900.